The topological polar surface area (TPSA) is 132 Å². The van der Waals surface area contributed by atoms with Crippen molar-refractivity contribution in [3.8, 4) is 0 Å². The zero-order valence-corrected chi connectivity index (χ0v) is 17.6. The Bertz CT molecular complexity index is 574. The molecule has 1 saturated carbocycles. The van der Waals surface area contributed by atoms with E-state index in [1.165, 1.54) is 0 Å². The standard InChI is InChI=1S/C16H21IO10/c1-6(18)23-12-11(17)13(24-7(2)19)15(26-9(4)21)16(27-10(5)22)14(12)25-8(3)20/h11-16H,1-5H3/t11?,12-,13+,14+,15-,16?. The lowest BCUT2D eigenvalue weighted by Crippen LogP contribution is -2.66. The van der Waals surface area contributed by atoms with Crippen LogP contribution in [0.25, 0.3) is 0 Å². The van der Waals surface area contributed by atoms with Gasteiger partial charge in [0.15, 0.2) is 30.5 Å². The van der Waals surface area contributed by atoms with E-state index in [0.717, 1.165) is 34.6 Å². The maximum atomic E-state index is 11.6. The molecule has 1 fully saturated rings. The second kappa shape index (κ2) is 9.85. The average molecular weight is 500 g/mol. The predicted octanol–water partition coefficient (Wildman–Crippen LogP) is 0.462. The van der Waals surface area contributed by atoms with Gasteiger partial charge in [0.1, 0.15) is 0 Å². The summed E-state index contributed by atoms with van der Waals surface area (Å²) in [6, 6.07) is 0. The van der Waals surface area contributed by atoms with Crippen molar-refractivity contribution in [2.24, 2.45) is 0 Å². The summed E-state index contributed by atoms with van der Waals surface area (Å²) in [5.74, 6) is -3.60. The van der Waals surface area contributed by atoms with Crippen molar-refractivity contribution >= 4 is 52.4 Å². The van der Waals surface area contributed by atoms with Gasteiger partial charge < -0.3 is 23.7 Å². The molecule has 0 aromatic rings. The largest absolute Gasteiger partial charge is 0.457 e. The number of esters is 5. The summed E-state index contributed by atoms with van der Waals surface area (Å²) in [5, 5.41) is 0. The average Bonchev–Trinajstić information content (AvgIpc) is 2.49. The fourth-order valence-electron chi connectivity index (χ4n) is 2.73. The third-order valence-corrected chi connectivity index (χ3v) is 4.85. The lowest BCUT2D eigenvalue weighted by atomic mass is 9.86. The SMILES string of the molecule is CC(=O)OC1[C@@H](OC(C)=O)[C@H](OC(C)=O)C(I)[C@H](OC(C)=O)[C@H]1OC(C)=O. The summed E-state index contributed by atoms with van der Waals surface area (Å²) < 4.78 is 25.4. The Balaban J connectivity index is 3.46. The van der Waals surface area contributed by atoms with Crippen LogP contribution >= 0.6 is 22.6 Å². The van der Waals surface area contributed by atoms with Gasteiger partial charge in [0, 0.05) is 34.6 Å². The van der Waals surface area contributed by atoms with Gasteiger partial charge >= 0.3 is 29.8 Å². The van der Waals surface area contributed by atoms with Gasteiger partial charge in [-0.25, -0.2) is 0 Å². The van der Waals surface area contributed by atoms with Crippen LogP contribution in [0.4, 0.5) is 0 Å². The van der Waals surface area contributed by atoms with Gasteiger partial charge in [-0.15, -0.1) is 0 Å². The highest BCUT2D eigenvalue weighted by molar-refractivity contribution is 14.1. The van der Waals surface area contributed by atoms with Crippen LogP contribution in [0.3, 0.4) is 0 Å². The first-order valence-corrected chi connectivity index (χ1v) is 9.18. The second-order valence-electron chi connectivity index (χ2n) is 5.81. The van der Waals surface area contributed by atoms with E-state index in [1.807, 2.05) is 22.6 Å². The van der Waals surface area contributed by atoms with Crippen molar-refractivity contribution in [3.05, 3.63) is 0 Å². The molecule has 0 bridgehead atoms. The minimum Gasteiger partial charge on any atom is -0.457 e. The van der Waals surface area contributed by atoms with Gasteiger partial charge in [0.05, 0.1) is 3.92 Å². The molecule has 0 saturated heterocycles. The second-order valence-corrected chi connectivity index (χ2v) is 7.25. The number of carbonyl (C=O) groups excluding carboxylic acids is 5. The van der Waals surface area contributed by atoms with Gasteiger partial charge in [-0.1, -0.05) is 22.6 Å². The molecular weight excluding hydrogens is 479 g/mol. The molecule has 1 aliphatic rings. The van der Waals surface area contributed by atoms with E-state index in [2.05, 4.69) is 0 Å². The highest BCUT2D eigenvalue weighted by Gasteiger charge is 2.58. The summed E-state index contributed by atoms with van der Waals surface area (Å²) in [4.78, 5) is 57.8. The summed E-state index contributed by atoms with van der Waals surface area (Å²) in [7, 11) is 0. The molecule has 1 rings (SSSR count). The Morgan fingerprint density at radius 2 is 0.667 bits per heavy atom. The maximum Gasteiger partial charge on any atom is 0.303 e. The zero-order chi connectivity index (χ0) is 20.9. The van der Waals surface area contributed by atoms with E-state index < -0.39 is 64.3 Å². The summed E-state index contributed by atoms with van der Waals surface area (Å²) in [6.45, 7) is 5.64. The van der Waals surface area contributed by atoms with Crippen molar-refractivity contribution in [2.75, 3.05) is 0 Å². The van der Waals surface area contributed by atoms with Crippen LogP contribution < -0.4 is 0 Å². The Morgan fingerprint density at radius 1 is 0.481 bits per heavy atom. The number of hydrogen-bond acceptors (Lipinski definition) is 10. The molecule has 2 unspecified atom stereocenters. The molecule has 0 heterocycles. The molecular formula is C16H21IO10. The Hall–Kier alpha value is -1.92. The van der Waals surface area contributed by atoms with Gasteiger partial charge in [-0.05, 0) is 0 Å². The summed E-state index contributed by atoms with van der Waals surface area (Å²) in [6.07, 6.45) is -6.13. The minimum atomic E-state index is -1.35. The van der Waals surface area contributed by atoms with Crippen LogP contribution in [-0.4, -0.2) is 64.3 Å². The third-order valence-electron chi connectivity index (χ3n) is 3.43. The quantitative estimate of drug-likeness (QED) is 0.227. The molecule has 152 valence electrons. The lowest BCUT2D eigenvalue weighted by Gasteiger charge is -2.46. The smallest absolute Gasteiger partial charge is 0.303 e. The van der Waals surface area contributed by atoms with Crippen LogP contribution in [0.15, 0.2) is 0 Å². The molecule has 27 heavy (non-hydrogen) atoms. The molecule has 0 amide bonds. The molecule has 0 aliphatic heterocycles. The van der Waals surface area contributed by atoms with Crippen molar-refractivity contribution in [1.29, 1.82) is 0 Å². The Kier molecular flexibility index (Phi) is 8.44. The van der Waals surface area contributed by atoms with Gasteiger partial charge in [-0.3, -0.25) is 24.0 Å². The molecule has 0 aromatic carbocycles. The van der Waals surface area contributed by atoms with Crippen molar-refractivity contribution in [2.45, 2.75) is 69.1 Å². The first-order chi connectivity index (χ1) is 12.4. The zero-order valence-electron chi connectivity index (χ0n) is 15.4. The number of carbonyl (C=O) groups is 5. The molecule has 10 nitrogen and oxygen atoms in total. The molecule has 0 aromatic heterocycles. The van der Waals surface area contributed by atoms with Crippen LogP contribution in [-0.2, 0) is 47.7 Å². The van der Waals surface area contributed by atoms with Crippen molar-refractivity contribution in [1.82, 2.24) is 0 Å². The maximum absolute atomic E-state index is 11.6. The van der Waals surface area contributed by atoms with Crippen molar-refractivity contribution in [3.63, 3.8) is 0 Å². The van der Waals surface area contributed by atoms with Crippen molar-refractivity contribution < 1.29 is 47.7 Å². The van der Waals surface area contributed by atoms with E-state index in [0.29, 0.717) is 0 Å². The number of halogens is 1. The van der Waals surface area contributed by atoms with Crippen LogP contribution in [0.5, 0.6) is 0 Å². The van der Waals surface area contributed by atoms with Gasteiger partial charge in [0.25, 0.3) is 0 Å². The number of hydrogen-bond donors (Lipinski definition) is 0. The van der Waals surface area contributed by atoms with E-state index in [1.54, 1.807) is 0 Å². The molecule has 0 spiro atoms. The van der Waals surface area contributed by atoms with E-state index in [4.69, 9.17) is 23.7 Å². The predicted molar refractivity (Wildman–Crippen MR) is 95.6 cm³/mol. The number of alkyl halides is 1. The third kappa shape index (κ3) is 6.63. The van der Waals surface area contributed by atoms with Gasteiger partial charge in [-0.2, -0.15) is 0 Å². The molecule has 0 radical (unpaired) electrons. The normalized spacial score (nSPS) is 29.9. The highest BCUT2D eigenvalue weighted by Crippen LogP contribution is 2.36. The first-order valence-electron chi connectivity index (χ1n) is 7.94. The fraction of sp³-hybridized carbons (Fsp3) is 0.688. The van der Waals surface area contributed by atoms with E-state index in [-0.39, 0.29) is 0 Å². The highest BCUT2D eigenvalue weighted by atomic mass is 127. The van der Waals surface area contributed by atoms with Crippen LogP contribution in [0.2, 0.25) is 0 Å². The first kappa shape index (κ1) is 23.1. The Labute approximate surface area is 169 Å². The summed E-state index contributed by atoms with van der Waals surface area (Å²) in [5.41, 5.74) is 0. The van der Waals surface area contributed by atoms with Crippen LogP contribution in [0.1, 0.15) is 34.6 Å². The van der Waals surface area contributed by atoms with E-state index in [9.17, 15) is 24.0 Å². The molecule has 0 N–H and O–H groups in total. The Morgan fingerprint density at radius 3 is 0.889 bits per heavy atom. The summed E-state index contributed by atoms with van der Waals surface area (Å²) >= 11 is 1.84. The number of ether oxygens (including phenoxy) is 5. The van der Waals surface area contributed by atoms with Crippen LogP contribution in [0, 0.1) is 0 Å². The monoisotopic (exact) mass is 500 g/mol. The van der Waals surface area contributed by atoms with E-state index >= 15 is 0 Å². The molecule has 6 atom stereocenters. The van der Waals surface area contributed by atoms with Gasteiger partial charge in [0.2, 0.25) is 0 Å². The number of rotatable bonds is 5. The molecule has 1 aliphatic carbocycles. The fourth-order valence-corrected chi connectivity index (χ4v) is 3.85. The minimum absolute atomic E-state index is 0.687. The molecule has 11 heteroatoms. The lowest BCUT2D eigenvalue weighted by molar-refractivity contribution is -0.227.